The maximum Gasteiger partial charge on any atom is 0.107 e. The zero-order chi connectivity index (χ0) is 9.54. The van der Waals surface area contributed by atoms with Gasteiger partial charge in [0, 0.05) is 6.54 Å². The molecule has 2 N–H and O–H groups in total. The Bertz CT molecular complexity index is 471. The Kier molecular flexibility index (Phi) is 1.82. The van der Waals surface area contributed by atoms with Crippen LogP contribution in [-0.4, -0.2) is 4.98 Å². The summed E-state index contributed by atoms with van der Waals surface area (Å²) in [6.07, 6.45) is 2.71. The lowest BCUT2D eigenvalue weighted by Gasteiger charge is -1.95. The Labute approximate surface area is 86.8 Å². The Morgan fingerprint density at radius 2 is 2.29 bits per heavy atom. The minimum atomic E-state index is 0.554. The lowest BCUT2D eigenvalue weighted by Crippen LogP contribution is -1.93. The number of rotatable bonds is 2. The van der Waals surface area contributed by atoms with Crippen molar-refractivity contribution in [3.05, 3.63) is 28.8 Å². The van der Waals surface area contributed by atoms with E-state index in [0.717, 1.165) is 16.4 Å². The third-order valence-electron chi connectivity index (χ3n) is 2.68. The fraction of sp³-hybridized carbons (Fsp3) is 0.364. The quantitative estimate of drug-likeness (QED) is 0.816. The highest BCUT2D eigenvalue weighted by Crippen LogP contribution is 2.41. The number of nitrogens with zero attached hydrogens (tertiary/aromatic N) is 1. The fourth-order valence-corrected chi connectivity index (χ4v) is 2.64. The first-order chi connectivity index (χ1) is 6.86. The van der Waals surface area contributed by atoms with Crippen LogP contribution in [0.4, 0.5) is 0 Å². The van der Waals surface area contributed by atoms with Crippen molar-refractivity contribution in [2.24, 2.45) is 5.73 Å². The van der Waals surface area contributed by atoms with Gasteiger partial charge in [0.1, 0.15) is 5.01 Å². The van der Waals surface area contributed by atoms with Crippen LogP contribution >= 0.6 is 11.3 Å². The normalized spacial score (nSPS) is 16.4. The van der Waals surface area contributed by atoms with Crippen molar-refractivity contribution in [1.82, 2.24) is 4.98 Å². The number of nitrogens with two attached hydrogens (primary N) is 1. The third kappa shape index (κ3) is 1.33. The molecule has 1 aromatic carbocycles. The van der Waals surface area contributed by atoms with Crippen molar-refractivity contribution in [2.45, 2.75) is 25.3 Å². The molecule has 0 aliphatic heterocycles. The Balaban J connectivity index is 2.12. The van der Waals surface area contributed by atoms with Gasteiger partial charge in [-0.2, -0.15) is 0 Å². The van der Waals surface area contributed by atoms with E-state index in [0.29, 0.717) is 6.54 Å². The SMILES string of the molecule is NCc1nc2ccc(C3CC3)cc2s1. The van der Waals surface area contributed by atoms with Crippen molar-refractivity contribution in [3.63, 3.8) is 0 Å². The van der Waals surface area contributed by atoms with Crippen LogP contribution in [0.15, 0.2) is 18.2 Å². The second-order valence-corrected chi connectivity index (χ2v) is 4.93. The predicted molar refractivity (Wildman–Crippen MR) is 59.5 cm³/mol. The van der Waals surface area contributed by atoms with E-state index in [-0.39, 0.29) is 0 Å². The second-order valence-electron chi connectivity index (χ2n) is 3.81. The first-order valence-corrected chi connectivity index (χ1v) is 5.78. The average molecular weight is 204 g/mol. The lowest BCUT2D eigenvalue weighted by molar-refractivity contribution is 1.05. The van der Waals surface area contributed by atoms with Crippen molar-refractivity contribution in [2.75, 3.05) is 0 Å². The molecule has 0 bridgehead atoms. The van der Waals surface area contributed by atoms with Gasteiger partial charge in [-0.15, -0.1) is 11.3 Å². The van der Waals surface area contributed by atoms with Gasteiger partial charge < -0.3 is 5.73 Å². The third-order valence-corrected chi connectivity index (χ3v) is 3.72. The molecule has 1 aromatic heterocycles. The van der Waals surface area contributed by atoms with Gasteiger partial charge in [-0.25, -0.2) is 4.98 Å². The number of benzene rings is 1. The standard InChI is InChI=1S/C11H12N2S/c12-6-11-13-9-4-3-8(7-1-2-7)5-10(9)14-11/h3-5,7H,1-2,6,12H2. The highest BCUT2D eigenvalue weighted by atomic mass is 32.1. The molecule has 3 heteroatoms. The van der Waals surface area contributed by atoms with E-state index >= 15 is 0 Å². The summed E-state index contributed by atoms with van der Waals surface area (Å²) >= 11 is 1.72. The summed E-state index contributed by atoms with van der Waals surface area (Å²) in [5.41, 5.74) is 8.15. The van der Waals surface area contributed by atoms with Crippen LogP contribution < -0.4 is 5.73 Å². The van der Waals surface area contributed by atoms with Crippen molar-refractivity contribution in [3.8, 4) is 0 Å². The van der Waals surface area contributed by atoms with E-state index < -0.39 is 0 Å². The molecule has 14 heavy (non-hydrogen) atoms. The fourth-order valence-electron chi connectivity index (χ4n) is 1.75. The van der Waals surface area contributed by atoms with Gasteiger partial charge in [-0.3, -0.25) is 0 Å². The molecule has 72 valence electrons. The molecule has 0 radical (unpaired) electrons. The highest BCUT2D eigenvalue weighted by Gasteiger charge is 2.23. The number of aromatic nitrogens is 1. The summed E-state index contributed by atoms with van der Waals surface area (Å²) in [6.45, 7) is 0.554. The smallest absolute Gasteiger partial charge is 0.107 e. The van der Waals surface area contributed by atoms with Crippen LogP contribution in [0, 0.1) is 0 Å². The molecular formula is C11H12N2S. The Hall–Kier alpha value is -0.930. The van der Waals surface area contributed by atoms with Gasteiger partial charge in [0.25, 0.3) is 0 Å². The molecule has 1 fully saturated rings. The monoisotopic (exact) mass is 204 g/mol. The molecule has 2 nitrogen and oxygen atoms in total. The van der Waals surface area contributed by atoms with Crippen LogP contribution in [-0.2, 0) is 6.54 Å². The van der Waals surface area contributed by atoms with Crippen molar-refractivity contribution in [1.29, 1.82) is 0 Å². The van der Waals surface area contributed by atoms with Crippen LogP contribution in [0.1, 0.15) is 29.3 Å². The lowest BCUT2D eigenvalue weighted by atomic mass is 10.1. The summed E-state index contributed by atoms with van der Waals surface area (Å²) < 4.78 is 1.29. The minimum Gasteiger partial charge on any atom is -0.325 e. The number of fused-ring (bicyclic) bond motifs is 1. The van der Waals surface area contributed by atoms with E-state index in [1.54, 1.807) is 11.3 Å². The molecule has 3 rings (SSSR count). The zero-order valence-corrected chi connectivity index (χ0v) is 8.68. The van der Waals surface area contributed by atoms with E-state index in [1.165, 1.54) is 23.1 Å². The average Bonchev–Trinajstić information content (AvgIpc) is 2.97. The van der Waals surface area contributed by atoms with E-state index in [2.05, 4.69) is 23.2 Å². The summed E-state index contributed by atoms with van der Waals surface area (Å²) in [5.74, 6) is 0.822. The number of hydrogen-bond donors (Lipinski definition) is 1. The summed E-state index contributed by atoms with van der Waals surface area (Å²) in [4.78, 5) is 4.45. The highest BCUT2D eigenvalue weighted by molar-refractivity contribution is 7.18. The van der Waals surface area contributed by atoms with Crippen LogP contribution in [0.25, 0.3) is 10.2 Å². The number of thiazole rings is 1. The first kappa shape index (κ1) is 8.38. The van der Waals surface area contributed by atoms with Gasteiger partial charge in [-0.1, -0.05) is 6.07 Å². The van der Waals surface area contributed by atoms with Gasteiger partial charge in [0.2, 0.25) is 0 Å². The Morgan fingerprint density at radius 3 is 3.00 bits per heavy atom. The van der Waals surface area contributed by atoms with Gasteiger partial charge in [0.15, 0.2) is 0 Å². The topological polar surface area (TPSA) is 38.9 Å². The number of hydrogen-bond acceptors (Lipinski definition) is 3. The maximum atomic E-state index is 5.57. The molecule has 2 aromatic rings. The summed E-state index contributed by atoms with van der Waals surface area (Å²) in [6, 6.07) is 6.61. The van der Waals surface area contributed by atoms with Crippen LogP contribution in [0.3, 0.4) is 0 Å². The van der Waals surface area contributed by atoms with Gasteiger partial charge in [-0.05, 0) is 36.5 Å². The maximum absolute atomic E-state index is 5.57. The van der Waals surface area contributed by atoms with E-state index in [1.807, 2.05) is 0 Å². The molecule has 1 aliphatic carbocycles. The molecule has 1 heterocycles. The van der Waals surface area contributed by atoms with Crippen LogP contribution in [0.5, 0.6) is 0 Å². The second kappa shape index (κ2) is 3.04. The van der Waals surface area contributed by atoms with Crippen LogP contribution in [0.2, 0.25) is 0 Å². The van der Waals surface area contributed by atoms with E-state index in [9.17, 15) is 0 Å². The largest absolute Gasteiger partial charge is 0.325 e. The summed E-state index contributed by atoms with van der Waals surface area (Å²) in [5, 5.41) is 1.04. The minimum absolute atomic E-state index is 0.554. The Morgan fingerprint density at radius 1 is 1.43 bits per heavy atom. The molecule has 1 saturated carbocycles. The predicted octanol–water partition coefficient (Wildman–Crippen LogP) is 2.63. The zero-order valence-electron chi connectivity index (χ0n) is 7.86. The van der Waals surface area contributed by atoms with Crippen molar-refractivity contribution < 1.29 is 0 Å². The van der Waals surface area contributed by atoms with E-state index in [4.69, 9.17) is 5.73 Å². The molecular weight excluding hydrogens is 192 g/mol. The van der Waals surface area contributed by atoms with Gasteiger partial charge >= 0.3 is 0 Å². The molecule has 0 unspecified atom stereocenters. The molecule has 0 saturated heterocycles. The van der Waals surface area contributed by atoms with Gasteiger partial charge in [0.05, 0.1) is 10.2 Å². The molecule has 0 atom stereocenters. The first-order valence-electron chi connectivity index (χ1n) is 4.96. The molecule has 0 spiro atoms. The molecule has 1 aliphatic rings. The summed E-state index contributed by atoms with van der Waals surface area (Å²) in [7, 11) is 0. The molecule has 0 amide bonds. The van der Waals surface area contributed by atoms with Crippen molar-refractivity contribution >= 4 is 21.6 Å².